The first-order valence-corrected chi connectivity index (χ1v) is 8.20. The highest BCUT2D eigenvalue weighted by Crippen LogP contribution is 2.31. The molecule has 0 radical (unpaired) electrons. The van der Waals surface area contributed by atoms with E-state index >= 15 is 0 Å². The van der Waals surface area contributed by atoms with Crippen LogP contribution in [-0.4, -0.2) is 33.4 Å². The Morgan fingerprint density at radius 1 is 1.48 bits per heavy atom. The number of anilines is 1. The van der Waals surface area contributed by atoms with E-state index in [1.54, 1.807) is 6.92 Å². The fourth-order valence-corrected chi connectivity index (χ4v) is 3.63. The number of aryl methyl sites for hydroxylation is 1. The number of nitro groups is 1. The highest BCUT2D eigenvalue weighted by molar-refractivity contribution is 8.02. The fourth-order valence-electron chi connectivity index (χ4n) is 1.67. The van der Waals surface area contributed by atoms with E-state index in [2.05, 4.69) is 15.5 Å². The van der Waals surface area contributed by atoms with Crippen molar-refractivity contribution in [3.63, 3.8) is 0 Å². The Morgan fingerprint density at radius 3 is 2.78 bits per heavy atom. The van der Waals surface area contributed by atoms with Gasteiger partial charge in [-0.15, -0.1) is 10.2 Å². The summed E-state index contributed by atoms with van der Waals surface area (Å²) in [5.74, 6) is 0.0505. The van der Waals surface area contributed by atoms with Crippen molar-refractivity contribution in [1.29, 1.82) is 0 Å². The lowest BCUT2D eigenvalue weighted by Crippen LogP contribution is -2.22. The smallest absolute Gasteiger partial charge is 0.271 e. The van der Waals surface area contributed by atoms with Gasteiger partial charge in [0.15, 0.2) is 4.34 Å². The number of thioether (sulfide) groups is 1. The van der Waals surface area contributed by atoms with E-state index in [4.69, 9.17) is 4.74 Å². The van der Waals surface area contributed by atoms with Gasteiger partial charge >= 0.3 is 0 Å². The van der Waals surface area contributed by atoms with Crippen LogP contribution in [0.5, 0.6) is 5.75 Å². The summed E-state index contributed by atoms with van der Waals surface area (Å²) in [6.45, 7) is 3.56. The Balaban J connectivity index is 2.12. The van der Waals surface area contributed by atoms with Crippen LogP contribution in [0.25, 0.3) is 0 Å². The summed E-state index contributed by atoms with van der Waals surface area (Å²) in [4.78, 5) is 22.6. The van der Waals surface area contributed by atoms with E-state index in [0.29, 0.717) is 10.1 Å². The van der Waals surface area contributed by atoms with Gasteiger partial charge in [-0.25, -0.2) is 0 Å². The number of hydrogen-bond acceptors (Lipinski definition) is 8. The lowest BCUT2D eigenvalue weighted by atomic mass is 10.2. The molecule has 1 aromatic carbocycles. The molecule has 1 amide bonds. The van der Waals surface area contributed by atoms with Crippen LogP contribution in [0.4, 0.5) is 11.4 Å². The summed E-state index contributed by atoms with van der Waals surface area (Å²) in [5, 5.41) is 21.7. The number of nitrogens with one attached hydrogen (secondary N) is 1. The second kappa shape index (κ2) is 7.38. The lowest BCUT2D eigenvalue weighted by Gasteiger charge is -2.13. The molecule has 0 aliphatic carbocycles. The summed E-state index contributed by atoms with van der Waals surface area (Å²) in [6, 6.07) is 4.03. The summed E-state index contributed by atoms with van der Waals surface area (Å²) < 4.78 is 5.81. The number of carbonyl (C=O) groups excluding carboxylic acids is 1. The Hall–Kier alpha value is -2.20. The molecular weight excluding hydrogens is 340 g/mol. The Labute approximate surface area is 140 Å². The Kier molecular flexibility index (Phi) is 5.50. The number of non-ortho nitro benzene ring substituents is 1. The summed E-state index contributed by atoms with van der Waals surface area (Å²) in [6.07, 6.45) is 0. The molecule has 0 aliphatic rings. The quantitative estimate of drug-likeness (QED) is 0.483. The second-order valence-electron chi connectivity index (χ2n) is 4.48. The largest absolute Gasteiger partial charge is 0.495 e. The fraction of sp³-hybridized carbons (Fsp3) is 0.308. The Morgan fingerprint density at radius 2 is 2.22 bits per heavy atom. The number of carbonyl (C=O) groups is 1. The number of hydrogen-bond donors (Lipinski definition) is 1. The van der Waals surface area contributed by atoms with Crippen LogP contribution in [0.3, 0.4) is 0 Å². The van der Waals surface area contributed by atoms with Crippen LogP contribution >= 0.6 is 23.1 Å². The molecule has 8 nitrogen and oxygen atoms in total. The van der Waals surface area contributed by atoms with Gasteiger partial charge in [0.2, 0.25) is 5.91 Å². The monoisotopic (exact) mass is 354 g/mol. The van der Waals surface area contributed by atoms with Gasteiger partial charge in [-0.2, -0.15) is 0 Å². The number of ether oxygens (including phenoxy) is 1. The highest BCUT2D eigenvalue weighted by Gasteiger charge is 2.20. The summed E-state index contributed by atoms with van der Waals surface area (Å²) in [7, 11) is 1.43. The molecular formula is C13H14N4O4S2. The molecule has 0 unspecified atom stereocenters. The average molecular weight is 354 g/mol. The molecule has 1 aromatic heterocycles. The zero-order valence-electron chi connectivity index (χ0n) is 12.6. The van der Waals surface area contributed by atoms with Gasteiger partial charge in [-0.1, -0.05) is 23.1 Å². The molecule has 0 bridgehead atoms. The van der Waals surface area contributed by atoms with Crippen molar-refractivity contribution in [2.75, 3.05) is 12.4 Å². The second-order valence-corrected chi connectivity index (χ2v) is 7.25. The zero-order valence-corrected chi connectivity index (χ0v) is 14.2. The maximum Gasteiger partial charge on any atom is 0.271 e. The molecule has 0 saturated heterocycles. The van der Waals surface area contributed by atoms with Crippen molar-refractivity contribution in [2.45, 2.75) is 23.4 Å². The van der Waals surface area contributed by atoms with Crippen molar-refractivity contribution in [3.8, 4) is 5.75 Å². The van der Waals surface area contributed by atoms with Crippen LogP contribution in [-0.2, 0) is 4.79 Å². The van der Waals surface area contributed by atoms with Crippen LogP contribution in [0.1, 0.15) is 11.9 Å². The third-order valence-corrected chi connectivity index (χ3v) is 4.83. The lowest BCUT2D eigenvalue weighted by molar-refractivity contribution is -0.384. The Bertz CT molecular complexity index is 735. The minimum absolute atomic E-state index is 0.124. The van der Waals surface area contributed by atoms with Crippen molar-refractivity contribution in [1.82, 2.24) is 10.2 Å². The molecule has 10 heteroatoms. The number of benzene rings is 1. The first-order valence-electron chi connectivity index (χ1n) is 6.50. The molecule has 0 fully saturated rings. The zero-order chi connectivity index (χ0) is 17.0. The summed E-state index contributed by atoms with van der Waals surface area (Å²) >= 11 is 2.67. The number of methoxy groups -OCH3 is 1. The molecule has 23 heavy (non-hydrogen) atoms. The van der Waals surface area contributed by atoms with Crippen molar-refractivity contribution in [2.24, 2.45) is 0 Å². The van der Waals surface area contributed by atoms with Gasteiger partial charge in [0, 0.05) is 12.1 Å². The van der Waals surface area contributed by atoms with Gasteiger partial charge in [0.1, 0.15) is 10.8 Å². The molecule has 0 aliphatic heterocycles. The molecule has 0 saturated carbocycles. The molecule has 2 rings (SSSR count). The number of rotatable bonds is 6. The molecule has 122 valence electrons. The van der Waals surface area contributed by atoms with Crippen molar-refractivity contribution in [3.05, 3.63) is 33.3 Å². The van der Waals surface area contributed by atoms with E-state index in [1.807, 2.05) is 6.92 Å². The highest BCUT2D eigenvalue weighted by atomic mass is 32.2. The van der Waals surface area contributed by atoms with E-state index in [-0.39, 0.29) is 17.3 Å². The predicted molar refractivity (Wildman–Crippen MR) is 88.2 cm³/mol. The minimum Gasteiger partial charge on any atom is -0.495 e. The predicted octanol–water partition coefficient (Wildman–Crippen LogP) is 2.88. The maximum atomic E-state index is 12.3. The van der Waals surface area contributed by atoms with Crippen LogP contribution in [0.15, 0.2) is 22.5 Å². The first kappa shape index (κ1) is 17.2. The van der Waals surface area contributed by atoms with Crippen molar-refractivity contribution >= 4 is 40.4 Å². The average Bonchev–Trinajstić information content (AvgIpc) is 2.92. The third-order valence-electron chi connectivity index (χ3n) is 2.81. The third kappa shape index (κ3) is 4.39. The van der Waals surface area contributed by atoms with Gasteiger partial charge < -0.3 is 10.1 Å². The van der Waals surface area contributed by atoms with Gasteiger partial charge in [0.05, 0.1) is 23.0 Å². The number of amides is 1. The normalized spacial score (nSPS) is 11.8. The number of nitro benzene ring substituents is 1. The van der Waals surface area contributed by atoms with E-state index in [0.717, 1.165) is 5.01 Å². The number of nitrogens with zero attached hydrogens (tertiary/aromatic N) is 3. The van der Waals surface area contributed by atoms with E-state index in [1.165, 1.54) is 48.4 Å². The molecule has 1 atom stereocenters. The van der Waals surface area contributed by atoms with Crippen LogP contribution in [0.2, 0.25) is 0 Å². The van der Waals surface area contributed by atoms with Crippen molar-refractivity contribution < 1.29 is 14.5 Å². The maximum absolute atomic E-state index is 12.3. The molecule has 0 spiro atoms. The standard InChI is InChI=1S/C13H14N4O4S2/c1-7(22-13-16-15-8(2)23-13)12(18)14-10-6-9(17(19)20)4-5-11(10)21-3/h4-7H,1-3H3,(H,14,18)/t7-/m0/s1. The molecule has 1 heterocycles. The molecule has 2 aromatic rings. The van der Waals surface area contributed by atoms with E-state index < -0.39 is 10.2 Å². The summed E-state index contributed by atoms with van der Waals surface area (Å²) in [5.41, 5.74) is 0.133. The van der Waals surface area contributed by atoms with Gasteiger partial charge in [-0.3, -0.25) is 14.9 Å². The van der Waals surface area contributed by atoms with Gasteiger partial charge in [-0.05, 0) is 19.9 Å². The minimum atomic E-state index is -0.530. The van der Waals surface area contributed by atoms with Crippen LogP contribution in [0, 0.1) is 17.0 Å². The molecule has 1 N–H and O–H groups in total. The van der Waals surface area contributed by atoms with Gasteiger partial charge in [0.25, 0.3) is 5.69 Å². The first-order chi connectivity index (χ1) is 10.9. The SMILES string of the molecule is COc1ccc([N+](=O)[O-])cc1NC(=O)[C@H](C)Sc1nnc(C)s1. The van der Waals surface area contributed by atoms with Crippen LogP contribution < -0.4 is 10.1 Å². The van der Waals surface area contributed by atoms with E-state index in [9.17, 15) is 14.9 Å². The topological polar surface area (TPSA) is 107 Å². The number of aromatic nitrogens is 2.